The van der Waals surface area contributed by atoms with Crippen molar-refractivity contribution in [2.75, 3.05) is 6.54 Å². The topological polar surface area (TPSA) is 109 Å². The summed E-state index contributed by atoms with van der Waals surface area (Å²) in [4.78, 5) is 34.0. The average molecular weight is 282 g/mol. The number of carboxylic acid groups (broad SMARTS) is 1. The van der Waals surface area contributed by atoms with E-state index in [2.05, 4.69) is 10.6 Å². The number of carboxylic acids is 1. The zero-order chi connectivity index (χ0) is 15.1. The van der Waals surface area contributed by atoms with Crippen molar-refractivity contribution in [3.63, 3.8) is 0 Å². The number of aliphatic carboxylic acids is 1. The highest BCUT2D eigenvalue weighted by molar-refractivity contribution is 5.91. The summed E-state index contributed by atoms with van der Waals surface area (Å²) in [5.41, 5.74) is 0. The van der Waals surface area contributed by atoms with Crippen LogP contribution in [0.5, 0.6) is 0 Å². The number of amides is 2. The predicted octanol–water partition coefficient (Wildman–Crippen LogP) is 0.625. The van der Waals surface area contributed by atoms with Gasteiger partial charge in [-0.15, -0.1) is 0 Å². The molecule has 7 nitrogen and oxygen atoms in total. The lowest BCUT2D eigenvalue weighted by atomic mass is 10.0. The summed E-state index contributed by atoms with van der Waals surface area (Å²) >= 11 is 0. The maximum Gasteiger partial charge on any atom is 0.326 e. The normalized spacial score (nSPS) is 11.9. The molecule has 2 amide bonds. The van der Waals surface area contributed by atoms with Crippen molar-refractivity contribution in [3.05, 3.63) is 24.2 Å². The third-order valence-electron chi connectivity index (χ3n) is 2.63. The molecule has 0 fully saturated rings. The molecule has 1 atom stereocenters. The van der Waals surface area contributed by atoms with Crippen molar-refractivity contribution in [2.45, 2.75) is 26.3 Å². The maximum atomic E-state index is 11.6. The minimum atomic E-state index is -1.08. The zero-order valence-corrected chi connectivity index (χ0v) is 11.4. The van der Waals surface area contributed by atoms with Crippen molar-refractivity contribution in [1.29, 1.82) is 0 Å². The molecular weight excluding hydrogens is 264 g/mol. The first-order valence-corrected chi connectivity index (χ1v) is 6.25. The lowest BCUT2D eigenvalue weighted by Crippen LogP contribution is -2.45. The van der Waals surface area contributed by atoms with Gasteiger partial charge in [0.25, 0.3) is 5.91 Å². The van der Waals surface area contributed by atoms with Gasteiger partial charge < -0.3 is 20.2 Å². The second-order valence-corrected chi connectivity index (χ2v) is 4.61. The number of carbonyl (C=O) groups is 3. The van der Waals surface area contributed by atoms with Gasteiger partial charge in [-0.05, 0) is 18.1 Å². The van der Waals surface area contributed by atoms with Crippen molar-refractivity contribution >= 4 is 17.8 Å². The Hall–Kier alpha value is -2.31. The highest BCUT2D eigenvalue weighted by Gasteiger charge is 2.23. The van der Waals surface area contributed by atoms with Gasteiger partial charge in [-0.3, -0.25) is 9.59 Å². The third-order valence-corrected chi connectivity index (χ3v) is 2.63. The van der Waals surface area contributed by atoms with Crippen molar-refractivity contribution in [3.8, 4) is 0 Å². The van der Waals surface area contributed by atoms with Gasteiger partial charge in [0.2, 0.25) is 5.91 Å². The van der Waals surface area contributed by atoms with Crippen LogP contribution in [0.4, 0.5) is 0 Å². The molecule has 0 radical (unpaired) electrons. The van der Waals surface area contributed by atoms with E-state index in [1.807, 2.05) is 0 Å². The third kappa shape index (κ3) is 4.75. The first-order valence-electron chi connectivity index (χ1n) is 6.25. The molecule has 1 heterocycles. The van der Waals surface area contributed by atoms with Crippen LogP contribution in [0.15, 0.2) is 22.8 Å². The van der Waals surface area contributed by atoms with Crippen LogP contribution in [0.2, 0.25) is 0 Å². The molecule has 0 aliphatic carbocycles. The molecule has 0 saturated carbocycles. The molecule has 110 valence electrons. The second-order valence-electron chi connectivity index (χ2n) is 4.61. The van der Waals surface area contributed by atoms with Crippen LogP contribution in [-0.4, -0.2) is 35.5 Å². The molecule has 1 unspecified atom stereocenters. The van der Waals surface area contributed by atoms with E-state index in [1.54, 1.807) is 19.9 Å². The highest BCUT2D eigenvalue weighted by Crippen LogP contribution is 2.02. The number of furan rings is 1. The molecule has 0 bridgehead atoms. The number of rotatable bonds is 7. The van der Waals surface area contributed by atoms with E-state index in [9.17, 15) is 14.4 Å². The van der Waals surface area contributed by atoms with Gasteiger partial charge in [-0.25, -0.2) is 4.79 Å². The van der Waals surface area contributed by atoms with Crippen LogP contribution in [-0.2, 0) is 9.59 Å². The van der Waals surface area contributed by atoms with E-state index < -0.39 is 23.8 Å². The first kappa shape index (κ1) is 15.7. The van der Waals surface area contributed by atoms with Crippen LogP contribution in [0.1, 0.15) is 30.8 Å². The molecular formula is C13H18N2O5. The quantitative estimate of drug-likeness (QED) is 0.679. The van der Waals surface area contributed by atoms with Gasteiger partial charge in [0.15, 0.2) is 5.76 Å². The molecule has 0 aliphatic heterocycles. The van der Waals surface area contributed by atoms with Gasteiger partial charge >= 0.3 is 5.97 Å². The van der Waals surface area contributed by atoms with Crippen LogP contribution < -0.4 is 10.6 Å². The molecule has 3 N–H and O–H groups in total. The van der Waals surface area contributed by atoms with E-state index >= 15 is 0 Å². The van der Waals surface area contributed by atoms with Gasteiger partial charge in [0.05, 0.1) is 6.26 Å². The standard InChI is InChI=1S/C13H18N2O5/c1-8(2)11(13(18)19)15-10(16)5-6-14-12(17)9-4-3-7-20-9/h3-4,7-8,11H,5-6H2,1-2H3,(H,14,17)(H,15,16)(H,18,19). The van der Waals surface area contributed by atoms with Crippen LogP contribution in [0.3, 0.4) is 0 Å². The number of hydrogen-bond donors (Lipinski definition) is 3. The summed E-state index contributed by atoms with van der Waals surface area (Å²) in [6.07, 6.45) is 1.38. The fourth-order valence-corrected chi connectivity index (χ4v) is 1.54. The van der Waals surface area contributed by atoms with Crippen molar-refractivity contribution in [2.24, 2.45) is 5.92 Å². The molecule has 1 aromatic heterocycles. The van der Waals surface area contributed by atoms with Crippen LogP contribution >= 0.6 is 0 Å². The Morgan fingerprint density at radius 1 is 1.35 bits per heavy atom. The Balaban J connectivity index is 2.33. The summed E-state index contributed by atoms with van der Waals surface area (Å²) in [6, 6.07) is 2.17. The smallest absolute Gasteiger partial charge is 0.326 e. The molecule has 0 spiro atoms. The molecule has 1 aromatic rings. The summed E-state index contributed by atoms with van der Waals surface area (Å²) in [5.74, 6) is -1.97. The number of nitrogens with one attached hydrogen (secondary N) is 2. The lowest BCUT2D eigenvalue weighted by Gasteiger charge is -2.17. The zero-order valence-electron chi connectivity index (χ0n) is 11.4. The predicted molar refractivity (Wildman–Crippen MR) is 70.1 cm³/mol. The van der Waals surface area contributed by atoms with E-state index in [0.29, 0.717) is 0 Å². The summed E-state index contributed by atoms with van der Waals surface area (Å²) in [7, 11) is 0. The van der Waals surface area contributed by atoms with Gasteiger partial charge in [-0.1, -0.05) is 13.8 Å². The Labute approximate surface area is 116 Å². The maximum absolute atomic E-state index is 11.6. The summed E-state index contributed by atoms with van der Waals surface area (Å²) in [6.45, 7) is 3.52. The monoisotopic (exact) mass is 282 g/mol. The molecule has 0 aromatic carbocycles. The Morgan fingerprint density at radius 3 is 2.55 bits per heavy atom. The molecule has 0 saturated heterocycles. The van der Waals surface area contributed by atoms with E-state index in [-0.39, 0.29) is 24.6 Å². The van der Waals surface area contributed by atoms with E-state index in [1.165, 1.54) is 12.3 Å². The molecule has 1 rings (SSSR count). The van der Waals surface area contributed by atoms with Crippen molar-refractivity contribution in [1.82, 2.24) is 10.6 Å². The minimum Gasteiger partial charge on any atom is -0.480 e. The average Bonchev–Trinajstić information content (AvgIpc) is 2.88. The van der Waals surface area contributed by atoms with Crippen molar-refractivity contribution < 1.29 is 23.9 Å². The number of hydrogen-bond acceptors (Lipinski definition) is 4. The van der Waals surface area contributed by atoms with E-state index in [0.717, 1.165) is 0 Å². The Bertz CT molecular complexity index is 467. The van der Waals surface area contributed by atoms with Gasteiger partial charge in [-0.2, -0.15) is 0 Å². The Morgan fingerprint density at radius 2 is 2.05 bits per heavy atom. The molecule has 0 aliphatic rings. The second kappa shape index (κ2) is 7.32. The molecule has 7 heteroatoms. The summed E-state index contributed by atoms with van der Waals surface area (Å²) < 4.78 is 4.89. The summed E-state index contributed by atoms with van der Waals surface area (Å²) in [5, 5.41) is 13.9. The fourth-order valence-electron chi connectivity index (χ4n) is 1.54. The van der Waals surface area contributed by atoms with Gasteiger partial charge in [0, 0.05) is 13.0 Å². The Kier molecular flexibility index (Phi) is 5.76. The minimum absolute atomic E-state index is 0.00293. The lowest BCUT2D eigenvalue weighted by molar-refractivity contribution is -0.143. The largest absolute Gasteiger partial charge is 0.480 e. The van der Waals surface area contributed by atoms with Crippen LogP contribution in [0, 0.1) is 5.92 Å². The first-order chi connectivity index (χ1) is 9.41. The van der Waals surface area contributed by atoms with Gasteiger partial charge in [0.1, 0.15) is 6.04 Å². The fraction of sp³-hybridized carbons (Fsp3) is 0.462. The molecule has 20 heavy (non-hydrogen) atoms. The van der Waals surface area contributed by atoms with E-state index in [4.69, 9.17) is 9.52 Å². The SMILES string of the molecule is CC(C)C(NC(=O)CCNC(=O)c1ccco1)C(=O)O. The number of carbonyl (C=O) groups excluding carboxylic acids is 2. The van der Waals surface area contributed by atoms with Crippen LogP contribution in [0.25, 0.3) is 0 Å². The highest BCUT2D eigenvalue weighted by atomic mass is 16.4.